The van der Waals surface area contributed by atoms with Gasteiger partial charge in [-0.25, -0.2) is 0 Å². The van der Waals surface area contributed by atoms with Crippen molar-refractivity contribution < 1.29 is 0 Å². The van der Waals surface area contributed by atoms with Gasteiger partial charge in [0.25, 0.3) is 0 Å². The molecule has 1 unspecified atom stereocenters. The zero-order chi connectivity index (χ0) is 9.31. The highest BCUT2D eigenvalue weighted by Gasteiger charge is 2.25. The molecule has 0 aromatic rings. The Kier molecular flexibility index (Phi) is 1.76. The van der Waals surface area contributed by atoms with Crippen LogP contribution in [0.1, 0.15) is 13.8 Å². The second kappa shape index (κ2) is 2.80. The first-order valence-electron chi connectivity index (χ1n) is 4.37. The Hall–Kier alpha value is -1.44. The lowest BCUT2D eigenvalue weighted by Crippen LogP contribution is -2.14. The third-order valence-corrected chi connectivity index (χ3v) is 2.31. The number of allylic oxidation sites excluding steroid dienone is 4. The van der Waals surface area contributed by atoms with Crippen molar-refractivity contribution in [2.75, 3.05) is 0 Å². The maximum Gasteiger partial charge on any atom is 0.0554 e. The van der Waals surface area contributed by atoms with Crippen LogP contribution in [0.4, 0.5) is 0 Å². The summed E-state index contributed by atoms with van der Waals surface area (Å²) in [7, 11) is 0. The SMILES string of the molecule is CC1=CC2(C)C=CC=NC2=CC=N1. The summed E-state index contributed by atoms with van der Waals surface area (Å²) in [4.78, 5) is 8.58. The van der Waals surface area contributed by atoms with Crippen molar-refractivity contribution in [3.05, 3.63) is 35.7 Å². The summed E-state index contributed by atoms with van der Waals surface area (Å²) in [6.07, 6.45) is 11.8. The zero-order valence-corrected chi connectivity index (χ0v) is 7.86. The summed E-state index contributed by atoms with van der Waals surface area (Å²) in [6, 6.07) is 0. The predicted octanol–water partition coefficient (Wildman–Crippen LogP) is 2.51. The van der Waals surface area contributed by atoms with Crippen LogP contribution in [-0.4, -0.2) is 12.4 Å². The van der Waals surface area contributed by atoms with Crippen LogP contribution in [0.2, 0.25) is 0 Å². The number of dihydropyridines is 1. The van der Waals surface area contributed by atoms with Crippen molar-refractivity contribution in [2.45, 2.75) is 13.8 Å². The Bertz CT molecular complexity index is 370. The molecule has 0 spiro atoms. The molecule has 66 valence electrons. The molecule has 2 heterocycles. The lowest BCUT2D eigenvalue weighted by molar-refractivity contribution is 0.647. The van der Waals surface area contributed by atoms with Gasteiger partial charge < -0.3 is 0 Å². The third-order valence-electron chi connectivity index (χ3n) is 2.31. The monoisotopic (exact) mass is 172 g/mol. The fourth-order valence-electron chi connectivity index (χ4n) is 1.63. The van der Waals surface area contributed by atoms with E-state index >= 15 is 0 Å². The molecule has 13 heavy (non-hydrogen) atoms. The number of hydrogen-bond donors (Lipinski definition) is 0. The molecule has 2 heteroatoms. The normalized spacial score (nSPS) is 30.6. The standard InChI is InChI=1S/C11H12N2/c1-9-8-11(2)5-3-6-13-10(11)4-7-12-9/h3-8H,1-2H3. The molecule has 0 fully saturated rings. The van der Waals surface area contributed by atoms with E-state index in [1.165, 1.54) is 0 Å². The number of rotatable bonds is 0. The Labute approximate surface area is 78.1 Å². The molecule has 0 aliphatic carbocycles. The fraction of sp³-hybridized carbons (Fsp3) is 0.273. The molecule has 0 saturated heterocycles. The molecule has 2 rings (SSSR count). The minimum atomic E-state index is -0.0741. The highest BCUT2D eigenvalue weighted by atomic mass is 14.8. The second-order valence-electron chi connectivity index (χ2n) is 3.54. The minimum absolute atomic E-state index is 0.0741. The summed E-state index contributed by atoms with van der Waals surface area (Å²) >= 11 is 0. The minimum Gasteiger partial charge on any atom is -0.262 e. The molecule has 0 N–H and O–H groups in total. The van der Waals surface area contributed by atoms with Gasteiger partial charge in [-0.3, -0.25) is 9.98 Å². The summed E-state index contributed by atoms with van der Waals surface area (Å²) in [5.74, 6) is 0. The van der Waals surface area contributed by atoms with Gasteiger partial charge in [-0.15, -0.1) is 0 Å². The van der Waals surface area contributed by atoms with Crippen LogP contribution >= 0.6 is 0 Å². The largest absolute Gasteiger partial charge is 0.262 e. The summed E-state index contributed by atoms with van der Waals surface area (Å²) in [5, 5.41) is 0. The third kappa shape index (κ3) is 1.39. The first-order chi connectivity index (χ1) is 6.21. The van der Waals surface area contributed by atoms with Gasteiger partial charge in [-0.05, 0) is 32.1 Å². The van der Waals surface area contributed by atoms with Gasteiger partial charge in [0.1, 0.15) is 0 Å². The Balaban J connectivity index is 2.53. The maximum atomic E-state index is 4.33. The van der Waals surface area contributed by atoms with E-state index in [-0.39, 0.29) is 5.41 Å². The van der Waals surface area contributed by atoms with Gasteiger partial charge in [0.15, 0.2) is 0 Å². The number of fused-ring (bicyclic) bond motifs is 1. The van der Waals surface area contributed by atoms with Gasteiger partial charge in [0, 0.05) is 23.5 Å². The summed E-state index contributed by atoms with van der Waals surface area (Å²) < 4.78 is 0. The molecule has 2 aliphatic rings. The van der Waals surface area contributed by atoms with E-state index in [9.17, 15) is 0 Å². The van der Waals surface area contributed by atoms with Crippen molar-refractivity contribution in [1.29, 1.82) is 0 Å². The molecule has 0 amide bonds. The number of aliphatic imine (C=N–C) groups is 2. The molecule has 0 radical (unpaired) electrons. The Morgan fingerprint density at radius 1 is 1.23 bits per heavy atom. The molecule has 0 aromatic heterocycles. The van der Waals surface area contributed by atoms with E-state index < -0.39 is 0 Å². The smallest absolute Gasteiger partial charge is 0.0554 e. The van der Waals surface area contributed by atoms with E-state index in [1.807, 2.05) is 31.5 Å². The number of hydrogen-bond acceptors (Lipinski definition) is 2. The van der Waals surface area contributed by atoms with E-state index in [0.717, 1.165) is 11.4 Å². The Morgan fingerprint density at radius 3 is 2.92 bits per heavy atom. The quantitative estimate of drug-likeness (QED) is 0.536. The van der Waals surface area contributed by atoms with E-state index in [0.29, 0.717) is 0 Å². The van der Waals surface area contributed by atoms with E-state index in [4.69, 9.17) is 0 Å². The van der Waals surface area contributed by atoms with Crippen LogP contribution in [0.15, 0.2) is 45.7 Å². The molecule has 0 saturated carbocycles. The molecule has 2 aliphatic heterocycles. The average Bonchev–Trinajstić information content (AvgIpc) is 2.21. The van der Waals surface area contributed by atoms with Crippen LogP contribution in [-0.2, 0) is 0 Å². The summed E-state index contributed by atoms with van der Waals surface area (Å²) in [5.41, 5.74) is 2.01. The Morgan fingerprint density at radius 2 is 2.08 bits per heavy atom. The van der Waals surface area contributed by atoms with Crippen molar-refractivity contribution in [3.63, 3.8) is 0 Å². The topological polar surface area (TPSA) is 24.7 Å². The maximum absolute atomic E-state index is 4.33. The van der Waals surface area contributed by atoms with Gasteiger partial charge in [0.05, 0.1) is 5.70 Å². The molecule has 0 aromatic carbocycles. The molecule has 2 nitrogen and oxygen atoms in total. The van der Waals surface area contributed by atoms with Crippen LogP contribution in [0.25, 0.3) is 0 Å². The lowest BCUT2D eigenvalue weighted by Gasteiger charge is -2.24. The highest BCUT2D eigenvalue weighted by Crippen LogP contribution is 2.35. The van der Waals surface area contributed by atoms with Crippen molar-refractivity contribution in [3.8, 4) is 0 Å². The molecular formula is C11H12N2. The van der Waals surface area contributed by atoms with E-state index in [2.05, 4.69) is 29.1 Å². The van der Waals surface area contributed by atoms with Gasteiger partial charge in [0.2, 0.25) is 0 Å². The van der Waals surface area contributed by atoms with Gasteiger partial charge >= 0.3 is 0 Å². The first-order valence-corrected chi connectivity index (χ1v) is 4.37. The lowest BCUT2D eigenvalue weighted by atomic mass is 9.84. The second-order valence-corrected chi connectivity index (χ2v) is 3.54. The van der Waals surface area contributed by atoms with Crippen LogP contribution in [0.3, 0.4) is 0 Å². The van der Waals surface area contributed by atoms with Crippen LogP contribution in [0, 0.1) is 5.41 Å². The van der Waals surface area contributed by atoms with Crippen LogP contribution in [0.5, 0.6) is 0 Å². The van der Waals surface area contributed by atoms with Crippen molar-refractivity contribution in [2.24, 2.45) is 15.4 Å². The average molecular weight is 172 g/mol. The van der Waals surface area contributed by atoms with Gasteiger partial charge in [-0.2, -0.15) is 0 Å². The van der Waals surface area contributed by atoms with Gasteiger partial charge in [-0.1, -0.05) is 6.08 Å². The van der Waals surface area contributed by atoms with E-state index in [1.54, 1.807) is 0 Å². The highest BCUT2D eigenvalue weighted by molar-refractivity contribution is 5.80. The number of nitrogens with zero attached hydrogens (tertiary/aromatic N) is 2. The first kappa shape index (κ1) is 8.17. The van der Waals surface area contributed by atoms with Crippen molar-refractivity contribution >= 4 is 12.4 Å². The molecular weight excluding hydrogens is 160 g/mol. The molecule has 1 atom stereocenters. The van der Waals surface area contributed by atoms with Crippen LogP contribution < -0.4 is 0 Å². The molecule has 0 bridgehead atoms. The summed E-state index contributed by atoms with van der Waals surface area (Å²) in [6.45, 7) is 4.15. The van der Waals surface area contributed by atoms with Crippen molar-refractivity contribution in [1.82, 2.24) is 0 Å². The predicted molar refractivity (Wildman–Crippen MR) is 56.1 cm³/mol. The fourth-order valence-corrected chi connectivity index (χ4v) is 1.63. The zero-order valence-electron chi connectivity index (χ0n) is 7.86.